The van der Waals surface area contributed by atoms with Crippen LogP contribution in [-0.2, 0) is 15.9 Å². The number of nitrogens with zero attached hydrogens (tertiary/aromatic N) is 4. The van der Waals surface area contributed by atoms with Crippen molar-refractivity contribution in [3.63, 3.8) is 0 Å². The lowest BCUT2D eigenvalue weighted by atomic mass is 10.1. The summed E-state index contributed by atoms with van der Waals surface area (Å²) in [6.07, 6.45) is 5.44. The Labute approximate surface area is 182 Å². The third-order valence-corrected chi connectivity index (χ3v) is 5.83. The zero-order valence-corrected chi connectivity index (χ0v) is 18.0. The highest BCUT2D eigenvalue weighted by Gasteiger charge is 2.38. The number of anilines is 1. The Morgan fingerprint density at radius 1 is 1.10 bits per heavy atom. The fourth-order valence-electron chi connectivity index (χ4n) is 4.31. The maximum absolute atomic E-state index is 6.27. The van der Waals surface area contributed by atoms with Crippen LogP contribution in [0.5, 0.6) is 5.75 Å². The predicted octanol–water partition coefficient (Wildman–Crippen LogP) is 3.34. The summed E-state index contributed by atoms with van der Waals surface area (Å²) in [6, 6.07) is 10.0. The van der Waals surface area contributed by atoms with Crippen LogP contribution in [0.2, 0.25) is 0 Å². The highest BCUT2D eigenvalue weighted by molar-refractivity contribution is 5.87. The van der Waals surface area contributed by atoms with Crippen LogP contribution in [-0.4, -0.2) is 59.6 Å². The van der Waals surface area contributed by atoms with Gasteiger partial charge < -0.3 is 19.1 Å². The van der Waals surface area contributed by atoms with Crippen molar-refractivity contribution in [2.45, 2.75) is 45.0 Å². The van der Waals surface area contributed by atoms with Gasteiger partial charge in [-0.05, 0) is 25.5 Å². The van der Waals surface area contributed by atoms with Gasteiger partial charge in [-0.2, -0.15) is 0 Å². The van der Waals surface area contributed by atoms with Gasteiger partial charge in [0.15, 0.2) is 0 Å². The van der Waals surface area contributed by atoms with Crippen LogP contribution in [0.25, 0.3) is 10.8 Å². The summed E-state index contributed by atoms with van der Waals surface area (Å²) in [6.45, 7) is 6.70. The normalized spacial score (nSPS) is 21.8. The molecular formula is C24H28N4O3. The van der Waals surface area contributed by atoms with Crippen molar-refractivity contribution in [1.82, 2.24) is 15.0 Å². The van der Waals surface area contributed by atoms with Crippen LogP contribution in [0.3, 0.4) is 0 Å². The van der Waals surface area contributed by atoms with E-state index in [2.05, 4.69) is 21.8 Å². The summed E-state index contributed by atoms with van der Waals surface area (Å²) in [5.41, 5.74) is 1.00. The van der Waals surface area contributed by atoms with E-state index in [0.29, 0.717) is 13.2 Å². The average Bonchev–Trinajstić information content (AvgIpc) is 3.10. The molecule has 0 bridgehead atoms. The number of rotatable bonds is 5. The van der Waals surface area contributed by atoms with Gasteiger partial charge in [-0.3, -0.25) is 4.98 Å². The van der Waals surface area contributed by atoms with E-state index in [9.17, 15) is 0 Å². The minimum Gasteiger partial charge on any atom is -0.485 e. The van der Waals surface area contributed by atoms with Gasteiger partial charge in [-0.1, -0.05) is 19.1 Å². The number of ether oxygens (including phenoxy) is 3. The number of fused-ring (bicyclic) bond motifs is 2. The maximum Gasteiger partial charge on any atom is 0.145 e. The van der Waals surface area contributed by atoms with E-state index in [1.807, 2.05) is 43.5 Å². The number of hydrogen-bond acceptors (Lipinski definition) is 7. The molecule has 0 saturated carbocycles. The third-order valence-electron chi connectivity index (χ3n) is 5.83. The topological polar surface area (TPSA) is 69.6 Å². The SMILES string of the molecule is CCCc1nc(C)cc(N2C[C@@H]3OCC(Oc4cccc5cnccc45)CO[C@H]3C2)n1. The molecule has 1 aromatic carbocycles. The molecule has 7 nitrogen and oxygen atoms in total. The van der Waals surface area contributed by atoms with Gasteiger partial charge in [0, 0.05) is 54.4 Å². The molecule has 7 heteroatoms. The number of benzene rings is 1. The molecule has 0 N–H and O–H groups in total. The van der Waals surface area contributed by atoms with Gasteiger partial charge in [0.25, 0.3) is 0 Å². The lowest BCUT2D eigenvalue weighted by Gasteiger charge is -2.21. The molecule has 162 valence electrons. The van der Waals surface area contributed by atoms with Crippen LogP contribution in [0.4, 0.5) is 5.82 Å². The molecule has 2 atom stereocenters. The predicted molar refractivity (Wildman–Crippen MR) is 119 cm³/mol. The summed E-state index contributed by atoms with van der Waals surface area (Å²) < 4.78 is 18.7. The van der Waals surface area contributed by atoms with E-state index in [-0.39, 0.29) is 18.3 Å². The fourth-order valence-corrected chi connectivity index (χ4v) is 4.31. The van der Waals surface area contributed by atoms with E-state index in [1.54, 1.807) is 6.20 Å². The monoisotopic (exact) mass is 420 g/mol. The molecule has 0 aliphatic carbocycles. The smallest absolute Gasteiger partial charge is 0.145 e. The summed E-state index contributed by atoms with van der Waals surface area (Å²) in [5.74, 6) is 2.71. The van der Waals surface area contributed by atoms with Crippen molar-refractivity contribution in [3.8, 4) is 5.75 Å². The van der Waals surface area contributed by atoms with Gasteiger partial charge in [0.2, 0.25) is 0 Å². The molecule has 2 aliphatic heterocycles. The molecule has 4 heterocycles. The Bertz CT molecular complexity index is 1040. The Kier molecular flexibility index (Phi) is 5.70. The van der Waals surface area contributed by atoms with E-state index in [0.717, 1.165) is 59.8 Å². The Hall–Kier alpha value is -2.77. The zero-order valence-electron chi connectivity index (χ0n) is 18.0. The second kappa shape index (κ2) is 8.77. The summed E-state index contributed by atoms with van der Waals surface area (Å²) in [4.78, 5) is 15.8. The van der Waals surface area contributed by atoms with Crippen LogP contribution in [0, 0.1) is 6.92 Å². The fraction of sp³-hybridized carbons (Fsp3) is 0.458. The molecular weight excluding hydrogens is 392 g/mol. The third kappa shape index (κ3) is 4.34. The average molecular weight is 421 g/mol. The maximum atomic E-state index is 6.27. The van der Waals surface area contributed by atoms with Crippen LogP contribution in [0.1, 0.15) is 24.9 Å². The first-order valence-corrected chi connectivity index (χ1v) is 11.0. The van der Waals surface area contributed by atoms with E-state index in [1.165, 1.54) is 0 Å². The van der Waals surface area contributed by atoms with Gasteiger partial charge in [-0.25, -0.2) is 9.97 Å². The minimum atomic E-state index is -0.143. The Balaban J connectivity index is 1.25. The number of aryl methyl sites for hydroxylation is 2. The molecule has 2 saturated heterocycles. The second-order valence-corrected chi connectivity index (χ2v) is 8.28. The molecule has 0 unspecified atom stereocenters. The summed E-state index contributed by atoms with van der Waals surface area (Å²) in [5, 5.41) is 2.11. The van der Waals surface area contributed by atoms with Crippen molar-refractivity contribution < 1.29 is 14.2 Å². The second-order valence-electron chi connectivity index (χ2n) is 8.28. The molecule has 5 rings (SSSR count). The molecule has 0 radical (unpaired) electrons. The zero-order chi connectivity index (χ0) is 21.2. The van der Waals surface area contributed by atoms with Gasteiger partial charge in [-0.15, -0.1) is 0 Å². The number of aromatic nitrogens is 3. The van der Waals surface area contributed by atoms with Crippen LogP contribution < -0.4 is 9.64 Å². The standard InChI is InChI=1S/C24H28N4O3/c1-3-5-23-26-16(2)10-24(27-23)28-12-21-22(13-28)30-15-18(14-29-21)31-20-7-4-6-17-11-25-9-8-19(17)20/h4,6-11,18,21-22H,3,5,12-15H2,1-2H3/t21-,22-/m0/s1. The van der Waals surface area contributed by atoms with Gasteiger partial charge in [0.1, 0.15) is 35.7 Å². The Morgan fingerprint density at radius 2 is 1.90 bits per heavy atom. The van der Waals surface area contributed by atoms with E-state index < -0.39 is 0 Å². The van der Waals surface area contributed by atoms with Crippen molar-refractivity contribution >= 4 is 16.6 Å². The van der Waals surface area contributed by atoms with Crippen LogP contribution >= 0.6 is 0 Å². The quantitative estimate of drug-likeness (QED) is 0.627. The van der Waals surface area contributed by atoms with Crippen molar-refractivity contribution in [1.29, 1.82) is 0 Å². The lowest BCUT2D eigenvalue weighted by Crippen LogP contribution is -2.30. The molecule has 2 aromatic heterocycles. The molecule has 0 amide bonds. The molecule has 2 fully saturated rings. The Morgan fingerprint density at radius 3 is 2.68 bits per heavy atom. The van der Waals surface area contributed by atoms with Crippen molar-refractivity contribution in [2.24, 2.45) is 0 Å². The molecule has 3 aromatic rings. The molecule has 31 heavy (non-hydrogen) atoms. The van der Waals surface area contributed by atoms with Gasteiger partial charge in [0.05, 0.1) is 13.2 Å². The highest BCUT2D eigenvalue weighted by atomic mass is 16.6. The largest absolute Gasteiger partial charge is 0.485 e. The summed E-state index contributed by atoms with van der Waals surface area (Å²) >= 11 is 0. The molecule has 2 aliphatic rings. The van der Waals surface area contributed by atoms with Crippen LogP contribution in [0.15, 0.2) is 42.7 Å². The van der Waals surface area contributed by atoms with E-state index >= 15 is 0 Å². The van der Waals surface area contributed by atoms with Crippen molar-refractivity contribution in [2.75, 3.05) is 31.2 Å². The first kappa shape index (κ1) is 20.2. The minimum absolute atomic E-state index is 0.00946. The number of hydrogen-bond donors (Lipinski definition) is 0. The van der Waals surface area contributed by atoms with Gasteiger partial charge >= 0.3 is 0 Å². The summed E-state index contributed by atoms with van der Waals surface area (Å²) in [7, 11) is 0. The number of pyridine rings is 1. The first-order valence-electron chi connectivity index (χ1n) is 11.0. The molecule has 0 spiro atoms. The lowest BCUT2D eigenvalue weighted by molar-refractivity contribution is -0.00461. The van der Waals surface area contributed by atoms with E-state index in [4.69, 9.17) is 19.2 Å². The highest BCUT2D eigenvalue weighted by Crippen LogP contribution is 2.28. The first-order chi connectivity index (χ1) is 15.2. The van der Waals surface area contributed by atoms with Crippen molar-refractivity contribution in [3.05, 3.63) is 54.2 Å².